The molecular weight excluding hydrogens is 285 g/mol. The Bertz CT molecular complexity index is 309. The highest BCUT2D eigenvalue weighted by molar-refractivity contribution is 4.91. The molecule has 0 bridgehead atoms. The molecule has 0 atom stereocenters. The van der Waals surface area contributed by atoms with Crippen molar-refractivity contribution in [2.45, 2.75) is 31.4 Å². The average molecular weight is 298 g/mol. The van der Waals surface area contributed by atoms with Crippen molar-refractivity contribution in [3.05, 3.63) is 0 Å². The Hall–Kier alpha value is -0.570. The summed E-state index contributed by atoms with van der Waals surface area (Å²) in [5.74, 6) is -11.3. The molecule has 0 radical (unpaired) electrons. The van der Waals surface area contributed by atoms with Crippen molar-refractivity contribution >= 4 is 0 Å². The lowest BCUT2D eigenvalue weighted by molar-refractivity contribution is -0.356. The van der Waals surface area contributed by atoms with Crippen LogP contribution in [-0.4, -0.2) is 44.4 Å². The minimum atomic E-state index is -6.29. The highest BCUT2D eigenvalue weighted by Gasteiger charge is 2.72. The van der Waals surface area contributed by atoms with E-state index in [9.17, 15) is 30.7 Å². The van der Waals surface area contributed by atoms with Crippen LogP contribution in [-0.2, 0) is 9.47 Å². The minimum Gasteiger partial charge on any atom is -0.380 e. The van der Waals surface area contributed by atoms with Crippen molar-refractivity contribution in [1.29, 1.82) is 0 Å². The predicted molar refractivity (Wildman–Crippen MR) is 50.3 cm³/mol. The lowest BCUT2D eigenvalue weighted by atomic mass is 9.90. The van der Waals surface area contributed by atoms with Gasteiger partial charge in [-0.05, 0) is 0 Å². The van der Waals surface area contributed by atoms with Crippen LogP contribution < -0.4 is 0 Å². The molecule has 1 saturated heterocycles. The molecular formula is C10H13F7O2. The molecule has 0 unspecified atom stereocenters. The largest absolute Gasteiger partial charge is 0.459 e. The Morgan fingerprint density at radius 1 is 1.05 bits per heavy atom. The molecule has 0 aromatic heterocycles. The molecule has 1 rings (SSSR count). The first kappa shape index (κ1) is 16.5. The molecule has 19 heavy (non-hydrogen) atoms. The number of ether oxygens (including phenoxy) is 2. The number of hydrogen-bond acceptors (Lipinski definition) is 2. The van der Waals surface area contributed by atoms with Gasteiger partial charge in [-0.25, -0.2) is 0 Å². The Balaban J connectivity index is 2.42. The summed E-state index contributed by atoms with van der Waals surface area (Å²) < 4.78 is 95.6. The van der Waals surface area contributed by atoms with Crippen LogP contribution in [0.4, 0.5) is 30.7 Å². The topological polar surface area (TPSA) is 18.5 Å². The molecule has 1 fully saturated rings. The van der Waals surface area contributed by atoms with Crippen molar-refractivity contribution in [3.63, 3.8) is 0 Å². The summed E-state index contributed by atoms with van der Waals surface area (Å²) in [7, 11) is 0. The van der Waals surface area contributed by atoms with E-state index in [2.05, 4.69) is 0 Å². The second-order valence-electron chi connectivity index (χ2n) is 4.88. The van der Waals surface area contributed by atoms with Gasteiger partial charge >= 0.3 is 18.0 Å². The second kappa shape index (κ2) is 5.08. The highest BCUT2D eigenvalue weighted by atomic mass is 19.4. The standard InChI is InChI=1S/C10H13F7O2/c1-7(5-19-6-7)4-18-3-2-8(11,12)9(13,14)10(15,16)17/h2-6H2,1H3. The molecule has 0 N–H and O–H groups in total. The Kier molecular flexibility index (Phi) is 4.41. The highest BCUT2D eigenvalue weighted by Crippen LogP contribution is 2.47. The summed E-state index contributed by atoms with van der Waals surface area (Å²) >= 11 is 0. The molecule has 0 amide bonds. The van der Waals surface area contributed by atoms with Crippen LogP contribution in [0.2, 0.25) is 0 Å². The first-order valence-corrected chi connectivity index (χ1v) is 5.39. The Morgan fingerprint density at radius 2 is 1.58 bits per heavy atom. The van der Waals surface area contributed by atoms with E-state index in [1.54, 1.807) is 6.92 Å². The summed E-state index contributed by atoms with van der Waals surface area (Å²) in [6.07, 6.45) is -7.99. The van der Waals surface area contributed by atoms with Gasteiger partial charge < -0.3 is 9.47 Å². The maximum absolute atomic E-state index is 12.8. The second-order valence-corrected chi connectivity index (χ2v) is 4.88. The summed E-state index contributed by atoms with van der Waals surface area (Å²) in [6.45, 7) is 1.48. The third-order valence-corrected chi connectivity index (χ3v) is 2.73. The zero-order valence-corrected chi connectivity index (χ0v) is 10.00. The zero-order chi connectivity index (χ0) is 14.9. The van der Waals surface area contributed by atoms with Crippen LogP contribution in [0.3, 0.4) is 0 Å². The van der Waals surface area contributed by atoms with Gasteiger partial charge in [0.15, 0.2) is 0 Å². The fourth-order valence-corrected chi connectivity index (χ4v) is 1.42. The van der Waals surface area contributed by atoms with Crippen molar-refractivity contribution in [2.24, 2.45) is 5.41 Å². The molecule has 2 nitrogen and oxygen atoms in total. The minimum absolute atomic E-state index is 0.0271. The summed E-state index contributed by atoms with van der Waals surface area (Å²) in [5.41, 5.74) is -0.387. The third kappa shape index (κ3) is 3.50. The van der Waals surface area contributed by atoms with E-state index in [1.165, 1.54) is 0 Å². The van der Waals surface area contributed by atoms with Crippen molar-refractivity contribution in [1.82, 2.24) is 0 Å². The molecule has 1 aliphatic rings. The monoisotopic (exact) mass is 298 g/mol. The van der Waals surface area contributed by atoms with Gasteiger partial charge in [0.2, 0.25) is 0 Å². The fraction of sp³-hybridized carbons (Fsp3) is 1.00. The Morgan fingerprint density at radius 3 is 1.95 bits per heavy atom. The third-order valence-electron chi connectivity index (χ3n) is 2.73. The predicted octanol–water partition coefficient (Wildman–Crippen LogP) is 3.26. The zero-order valence-electron chi connectivity index (χ0n) is 10.00. The maximum Gasteiger partial charge on any atom is 0.459 e. The molecule has 0 aliphatic carbocycles. The number of alkyl halides is 7. The van der Waals surface area contributed by atoms with Gasteiger partial charge in [-0.15, -0.1) is 0 Å². The molecule has 0 saturated carbocycles. The maximum atomic E-state index is 12.8. The summed E-state index contributed by atoms with van der Waals surface area (Å²) in [5, 5.41) is 0. The van der Waals surface area contributed by atoms with E-state index in [4.69, 9.17) is 9.47 Å². The SMILES string of the molecule is CC1(COCCC(F)(F)C(F)(F)C(F)(F)F)COC1. The number of rotatable bonds is 6. The molecule has 0 spiro atoms. The quantitative estimate of drug-likeness (QED) is 0.553. The van der Waals surface area contributed by atoms with Gasteiger partial charge in [0.05, 0.1) is 26.4 Å². The van der Waals surface area contributed by atoms with Gasteiger partial charge in [0.1, 0.15) is 0 Å². The van der Waals surface area contributed by atoms with E-state index < -0.39 is 31.0 Å². The molecule has 0 aromatic rings. The number of halogens is 7. The van der Waals surface area contributed by atoms with Crippen molar-refractivity contribution in [3.8, 4) is 0 Å². The van der Waals surface area contributed by atoms with Gasteiger partial charge in [-0.1, -0.05) is 6.92 Å². The van der Waals surface area contributed by atoms with Gasteiger partial charge in [-0.2, -0.15) is 30.7 Å². The van der Waals surface area contributed by atoms with Crippen LogP contribution in [0.15, 0.2) is 0 Å². The van der Waals surface area contributed by atoms with Crippen LogP contribution in [0, 0.1) is 5.41 Å². The lowest BCUT2D eigenvalue weighted by Gasteiger charge is -2.37. The van der Waals surface area contributed by atoms with Crippen LogP contribution in [0.25, 0.3) is 0 Å². The van der Waals surface area contributed by atoms with Gasteiger partial charge in [-0.3, -0.25) is 0 Å². The van der Waals surface area contributed by atoms with Crippen molar-refractivity contribution < 1.29 is 40.2 Å². The molecule has 9 heteroatoms. The Labute approximate surface area is 104 Å². The lowest BCUT2D eigenvalue weighted by Crippen LogP contribution is -2.52. The van der Waals surface area contributed by atoms with Gasteiger partial charge in [0.25, 0.3) is 0 Å². The van der Waals surface area contributed by atoms with Crippen LogP contribution in [0.1, 0.15) is 13.3 Å². The molecule has 114 valence electrons. The van der Waals surface area contributed by atoms with E-state index in [0.29, 0.717) is 13.2 Å². The van der Waals surface area contributed by atoms with E-state index in [1.807, 2.05) is 0 Å². The molecule has 1 aliphatic heterocycles. The average Bonchev–Trinajstić information content (AvgIpc) is 2.20. The van der Waals surface area contributed by atoms with Crippen LogP contribution in [0.5, 0.6) is 0 Å². The number of hydrogen-bond donors (Lipinski definition) is 0. The first-order valence-electron chi connectivity index (χ1n) is 5.39. The smallest absolute Gasteiger partial charge is 0.380 e. The first-order chi connectivity index (χ1) is 8.41. The van der Waals surface area contributed by atoms with Crippen LogP contribution >= 0.6 is 0 Å². The summed E-state index contributed by atoms with van der Waals surface area (Å²) in [4.78, 5) is 0. The van der Waals surface area contributed by atoms with Gasteiger partial charge in [0, 0.05) is 11.8 Å². The fourth-order valence-electron chi connectivity index (χ4n) is 1.42. The molecule has 0 aromatic carbocycles. The van der Waals surface area contributed by atoms with E-state index in [0.717, 1.165) is 0 Å². The van der Waals surface area contributed by atoms with E-state index >= 15 is 0 Å². The van der Waals surface area contributed by atoms with E-state index in [-0.39, 0.29) is 12.0 Å². The van der Waals surface area contributed by atoms with Crippen molar-refractivity contribution in [2.75, 3.05) is 26.4 Å². The molecule has 1 heterocycles. The summed E-state index contributed by atoms with van der Waals surface area (Å²) in [6, 6.07) is 0. The normalized spacial score (nSPS) is 20.2.